The minimum absolute atomic E-state index is 0.0515. The second-order valence-corrected chi connectivity index (χ2v) is 7.89. The fourth-order valence-electron chi connectivity index (χ4n) is 3.93. The van der Waals surface area contributed by atoms with Crippen molar-refractivity contribution in [3.05, 3.63) is 41.4 Å². The van der Waals surface area contributed by atoms with E-state index in [1.54, 1.807) is 16.2 Å². The Morgan fingerprint density at radius 1 is 1.22 bits per heavy atom. The van der Waals surface area contributed by atoms with Gasteiger partial charge in [0, 0.05) is 56.4 Å². The van der Waals surface area contributed by atoms with Crippen LogP contribution in [0.15, 0.2) is 35.8 Å². The number of thiazole rings is 1. The Bertz CT molecular complexity index is 815. The molecule has 2 aliphatic heterocycles. The molecule has 1 aromatic carbocycles. The number of anilines is 2. The van der Waals surface area contributed by atoms with Gasteiger partial charge in [-0.15, -0.1) is 11.3 Å². The maximum Gasteiger partial charge on any atom is 0.228 e. The maximum absolute atomic E-state index is 13.0. The molecule has 4 rings (SSSR count). The van der Waals surface area contributed by atoms with Crippen molar-refractivity contribution in [3.63, 3.8) is 0 Å². The van der Waals surface area contributed by atoms with Gasteiger partial charge in [-0.2, -0.15) is 0 Å². The Morgan fingerprint density at radius 3 is 2.70 bits per heavy atom. The molecule has 0 radical (unpaired) electrons. The van der Waals surface area contributed by atoms with Gasteiger partial charge >= 0.3 is 0 Å². The summed E-state index contributed by atoms with van der Waals surface area (Å²) >= 11 is 1.63. The molecule has 0 aliphatic carbocycles. The average molecular weight is 385 g/mol. The molecule has 2 aliphatic rings. The highest BCUT2D eigenvalue weighted by Crippen LogP contribution is 2.30. The molecule has 27 heavy (non-hydrogen) atoms. The maximum atomic E-state index is 13.0. The minimum Gasteiger partial charge on any atom is -0.345 e. The van der Waals surface area contributed by atoms with E-state index >= 15 is 0 Å². The second-order valence-electron chi connectivity index (χ2n) is 7.01. The van der Waals surface area contributed by atoms with Crippen LogP contribution in [-0.2, 0) is 16.0 Å². The summed E-state index contributed by atoms with van der Waals surface area (Å²) in [5.41, 5.74) is 2.10. The molecular weight excluding hydrogens is 360 g/mol. The van der Waals surface area contributed by atoms with E-state index in [1.807, 2.05) is 34.7 Å². The summed E-state index contributed by atoms with van der Waals surface area (Å²) in [4.78, 5) is 35.9. The molecule has 2 fully saturated rings. The quantitative estimate of drug-likeness (QED) is 0.812. The number of amides is 2. The Hall–Kier alpha value is -2.41. The highest BCUT2D eigenvalue weighted by molar-refractivity contribution is 7.13. The monoisotopic (exact) mass is 384 g/mol. The molecule has 1 aromatic heterocycles. The van der Waals surface area contributed by atoms with Crippen molar-refractivity contribution < 1.29 is 9.59 Å². The minimum atomic E-state index is -0.242. The largest absolute Gasteiger partial charge is 0.345 e. The topological polar surface area (TPSA) is 56.8 Å². The van der Waals surface area contributed by atoms with Crippen LogP contribution in [-0.4, -0.2) is 54.4 Å². The van der Waals surface area contributed by atoms with Crippen molar-refractivity contribution in [3.8, 4) is 0 Å². The summed E-state index contributed by atoms with van der Waals surface area (Å²) in [6.07, 6.45) is 2.99. The highest BCUT2D eigenvalue weighted by Gasteiger charge is 2.38. The molecule has 0 bridgehead atoms. The number of rotatable bonds is 4. The molecule has 3 heterocycles. The number of aryl methyl sites for hydroxylation is 1. The van der Waals surface area contributed by atoms with Gasteiger partial charge in [0.05, 0.1) is 5.92 Å². The number of hydrogen-bond acceptors (Lipinski definition) is 5. The van der Waals surface area contributed by atoms with Crippen LogP contribution in [0.1, 0.15) is 18.9 Å². The van der Waals surface area contributed by atoms with Crippen LogP contribution in [0.5, 0.6) is 0 Å². The molecule has 7 heteroatoms. The third-order valence-electron chi connectivity index (χ3n) is 5.42. The first-order valence-corrected chi connectivity index (χ1v) is 10.4. The zero-order chi connectivity index (χ0) is 18.8. The number of carbonyl (C=O) groups excluding carboxylic acids is 2. The number of nitrogens with zero attached hydrogens (tertiary/aromatic N) is 4. The van der Waals surface area contributed by atoms with Crippen molar-refractivity contribution in [2.75, 3.05) is 42.5 Å². The van der Waals surface area contributed by atoms with Gasteiger partial charge in [0.1, 0.15) is 0 Å². The molecule has 6 nitrogen and oxygen atoms in total. The van der Waals surface area contributed by atoms with Crippen LogP contribution < -0.4 is 9.80 Å². The lowest BCUT2D eigenvalue weighted by Gasteiger charge is -2.35. The molecule has 2 aromatic rings. The Labute approximate surface area is 163 Å². The van der Waals surface area contributed by atoms with Crippen LogP contribution in [0.2, 0.25) is 0 Å². The van der Waals surface area contributed by atoms with Gasteiger partial charge in [-0.05, 0) is 18.1 Å². The van der Waals surface area contributed by atoms with Gasteiger partial charge in [-0.1, -0.05) is 25.1 Å². The standard InChI is InChI=1S/C20H24N4O2S/c1-2-15-5-3-4-6-17(15)24-14-16(13-18(24)25)19(26)22-8-10-23(11-9-22)20-21-7-12-27-20/h3-7,12,16H,2,8-11,13-14H2,1H3. The lowest BCUT2D eigenvalue weighted by molar-refractivity contribution is -0.136. The van der Waals surface area contributed by atoms with Gasteiger partial charge in [0.15, 0.2) is 5.13 Å². The predicted molar refractivity (Wildman–Crippen MR) is 107 cm³/mol. The zero-order valence-corrected chi connectivity index (χ0v) is 16.3. The Balaban J connectivity index is 1.40. The smallest absolute Gasteiger partial charge is 0.228 e. The molecule has 2 saturated heterocycles. The van der Waals surface area contributed by atoms with Gasteiger partial charge in [-0.3, -0.25) is 9.59 Å². The average Bonchev–Trinajstić information content (AvgIpc) is 3.37. The van der Waals surface area contributed by atoms with Crippen molar-refractivity contribution >= 4 is 34.0 Å². The van der Waals surface area contributed by atoms with Crippen molar-refractivity contribution in [2.45, 2.75) is 19.8 Å². The van der Waals surface area contributed by atoms with Gasteiger partial charge in [0.25, 0.3) is 0 Å². The van der Waals surface area contributed by atoms with Gasteiger partial charge in [0.2, 0.25) is 11.8 Å². The van der Waals surface area contributed by atoms with E-state index < -0.39 is 0 Å². The van der Waals surface area contributed by atoms with E-state index in [2.05, 4.69) is 22.9 Å². The van der Waals surface area contributed by atoms with Crippen molar-refractivity contribution in [1.82, 2.24) is 9.88 Å². The summed E-state index contributed by atoms with van der Waals surface area (Å²) in [5, 5.41) is 2.99. The van der Waals surface area contributed by atoms with E-state index in [0.717, 1.165) is 35.9 Å². The molecule has 0 saturated carbocycles. The SMILES string of the molecule is CCc1ccccc1N1CC(C(=O)N2CCN(c3nccs3)CC2)CC1=O. The Morgan fingerprint density at radius 2 is 2.00 bits per heavy atom. The molecule has 1 atom stereocenters. The third kappa shape index (κ3) is 3.56. The lowest BCUT2D eigenvalue weighted by Crippen LogP contribution is -2.50. The highest BCUT2D eigenvalue weighted by atomic mass is 32.1. The second kappa shape index (κ2) is 7.68. The summed E-state index contributed by atoms with van der Waals surface area (Å²) in [7, 11) is 0. The van der Waals surface area contributed by atoms with Crippen molar-refractivity contribution in [1.29, 1.82) is 0 Å². The van der Waals surface area contributed by atoms with Crippen LogP contribution in [0, 0.1) is 5.92 Å². The Kier molecular flexibility index (Phi) is 5.11. The van der Waals surface area contributed by atoms with Crippen LogP contribution in [0.25, 0.3) is 0 Å². The summed E-state index contributed by atoms with van der Waals surface area (Å²) in [6, 6.07) is 7.98. The number of aromatic nitrogens is 1. The van der Waals surface area contributed by atoms with E-state index in [9.17, 15) is 9.59 Å². The van der Waals surface area contributed by atoms with E-state index in [-0.39, 0.29) is 17.7 Å². The number of carbonyl (C=O) groups is 2. The van der Waals surface area contributed by atoms with Crippen LogP contribution in [0.3, 0.4) is 0 Å². The number of piperazine rings is 1. The van der Waals surface area contributed by atoms with Gasteiger partial charge < -0.3 is 14.7 Å². The molecule has 0 spiro atoms. The summed E-state index contributed by atoms with van der Waals surface area (Å²) < 4.78 is 0. The molecule has 142 valence electrons. The molecule has 0 N–H and O–H groups in total. The van der Waals surface area contributed by atoms with E-state index in [4.69, 9.17) is 0 Å². The van der Waals surface area contributed by atoms with Crippen LogP contribution in [0.4, 0.5) is 10.8 Å². The van der Waals surface area contributed by atoms with Crippen molar-refractivity contribution in [2.24, 2.45) is 5.92 Å². The lowest BCUT2D eigenvalue weighted by atomic mass is 10.1. The predicted octanol–water partition coefficient (Wildman–Crippen LogP) is 2.41. The normalized spacial score (nSPS) is 20.4. The number of hydrogen-bond donors (Lipinski definition) is 0. The fraction of sp³-hybridized carbons (Fsp3) is 0.450. The number of benzene rings is 1. The fourth-order valence-corrected chi connectivity index (χ4v) is 4.62. The first kappa shape index (κ1) is 18.0. The molecule has 2 amide bonds. The first-order chi connectivity index (χ1) is 13.2. The first-order valence-electron chi connectivity index (χ1n) is 9.49. The summed E-state index contributed by atoms with van der Waals surface area (Å²) in [6.45, 7) is 5.54. The number of para-hydroxylation sites is 1. The van der Waals surface area contributed by atoms with E-state index in [0.29, 0.717) is 26.1 Å². The summed E-state index contributed by atoms with van der Waals surface area (Å²) in [5.74, 6) is -0.0804. The van der Waals surface area contributed by atoms with Gasteiger partial charge in [-0.25, -0.2) is 4.98 Å². The molecule has 1 unspecified atom stereocenters. The molecular formula is C20H24N4O2S. The van der Waals surface area contributed by atoms with E-state index in [1.165, 1.54) is 0 Å². The third-order valence-corrected chi connectivity index (χ3v) is 6.25. The zero-order valence-electron chi connectivity index (χ0n) is 15.5. The van der Waals surface area contributed by atoms with Crippen LogP contribution >= 0.6 is 11.3 Å².